The number of aliphatic hydroxyl groups is 1. The molecule has 6 nitrogen and oxygen atoms in total. The average molecular weight is 479 g/mol. The Morgan fingerprint density at radius 1 is 0.886 bits per heavy atom. The van der Waals surface area contributed by atoms with E-state index in [2.05, 4.69) is 10.5 Å². The molecule has 0 aliphatic carbocycles. The molecule has 0 spiro atoms. The van der Waals surface area contributed by atoms with Gasteiger partial charge in [0, 0.05) is 11.8 Å². The number of para-hydroxylation sites is 1. The second kappa shape index (κ2) is 9.89. The molecule has 2 aromatic heterocycles. The van der Waals surface area contributed by atoms with Gasteiger partial charge in [-0.05, 0) is 34.7 Å². The first kappa shape index (κ1) is 22.5. The number of thiophene rings is 1. The molecule has 0 bridgehead atoms. The van der Waals surface area contributed by atoms with Crippen molar-refractivity contribution in [2.45, 2.75) is 5.60 Å². The van der Waals surface area contributed by atoms with E-state index in [1.165, 1.54) is 0 Å². The lowest BCUT2D eigenvalue weighted by Gasteiger charge is -2.27. The molecule has 5 aromatic rings. The third kappa shape index (κ3) is 4.55. The Balaban J connectivity index is 1.46. The zero-order chi connectivity index (χ0) is 24.1. The third-order valence-corrected chi connectivity index (χ3v) is 6.48. The van der Waals surface area contributed by atoms with Gasteiger partial charge in [-0.1, -0.05) is 84.9 Å². The first-order valence-corrected chi connectivity index (χ1v) is 11.9. The zero-order valence-corrected chi connectivity index (χ0v) is 19.5. The number of hydrogen-bond acceptors (Lipinski definition) is 5. The maximum absolute atomic E-state index is 13.3. The zero-order valence-electron chi connectivity index (χ0n) is 18.7. The van der Waals surface area contributed by atoms with E-state index in [4.69, 9.17) is 5.10 Å². The summed E-state index contributed by atoms with van der Waals surface area (Å²) in [7, 11) is 0. The summed E-state index contributed by atoms with van der Waals surface area (Å²) in [4.78, 5) is 14.3. The van der Waals surface area contributed by atoms with Crippen molar-refractivity contribution in [2.24, 2.45) is 5.10 Å². The number of aromatic nitrogens is 2. The van der Waals surface area contributed by atoms with Crippen LogP contribution in [-0.4, -0.2) is 27.0 Å². The molecule has 3 aromatic carbocycles. The summed E-state index contributed by atoms with van der Waals surface area (Å²) in [6.45, 7) is 0. The largest absolute Gasteiger partial charge is 0.372 e. The van der Waals surface area contributed by atoms with Crippen LogP contribution in [0, 0.1) is 0 Å². The number of carbonyl (C=O) groups excluding carboxylic acids is 1. The third-order valence-electron chi connectivity index (χ3n) is 5.60. The molecule has 0 saturated heterocycles. The Labute approximate surface area is 206 Å². The Morgan fingerprint density at radius 2 is 1.49 bits per heavy atom. The lowest BCUT2D eigenvalue weighted by atomic mass is 9.85. The van der Waals surface area contributed by atoms with E-state index in [1.54, 1.807) is 70.8 Å². The van der Waals surface area contributed by atoms with Crippen molar-refractivity contribution in [3.8, 4) is 16.3 Å². The van der Waals surface area contributed by atoms with Gasteiger partial charge in [-0.25, -0.2) is 10.1 Å². The predicted molar refractivity (Wildman–Crippen MR) is 138 cm³/mol. The van der Waals surface area contributed by atoms with E-state index < -0.39 is 11.5 Å². The fraction of sp³-hybridized carbons (Fsp3) is 0.0357. The van der Waals surface area contributed by atoms with E-state index in [-0.39, 0.29) is 0 Å². The Morgan fingerprint density at radius 3 is 2.06 bits per heavy atom. The molecule has 1 amide bonds. The highest BCUT2D eigenvalue weighted by molar-refractivity contribution is 7.13. The molecule has 0 aliphatic rings. The van der Waals surface area contributed by atoms with Gasteiger partial charge < -0.3 is 5.11 Å². The lowest BCUT2D eigenvalue weighted by molar-refractivity contribution is -0.136. The number of nitrogens with zero attached hydrogens (tertiary/aromatic N) is 3. The van der Waals surface area contributed by atoms with Gasteiger partial charge in [0.2, 0.25) is 0 Å². The Kier molecular flexibility index (Phi) is 6.34. The van der Waals surface area contributed by atoms with Crippen molar-refractivity contribution < 1.29 is 9.90 Å². The molecule has 5 rings (SSSR count). The monoisotopic (exact) mass is 478 g/mol. The number of hydrazone groups is 1. The maximum Gasteiger partial charge on any atom is 0.281 e. The number of carbonyl (C=O) groups is 1. The van der Waals surface area contributed by atoms with Crippen molar-refractivity contribution in [1.82, 2.24) is 15.2 Å². The van der Waals surface area contributed by atoms with Crippen LogP contribution in [0.4, 0.5) is 0 Å². The summed E-state index contributed by atoms with van der Waals surface area (Å²) < 4.78 is 1.78. The molecule has 0 atom stereocenters. The number of benzene rings is 3. The standard InChI is InChI=1S/C28H22N4O2S/c33-27(28(34,22-11-4-1-5-12-22)23-13-6-2-7-14-23)30-29-19-21-20-32(24-15-8-3-9-16-24)31-26(21)25-17-10-18-35-25/h1-20,34H,(H,30,33). The van der Waals surface area contributed by atoms with Crippen molar-refractivity contribution in [1.29, 1.82) is 0 Å². The minimum Gasteiger partial charge on any atom is -0.372 e. The van der Waals surface area contributed by atoms with Crippen LogP contribution in [0.15, 0.2) is 120 Å². The fourth-order valence-corrected chi connectivity index (χ4v) is 4.56. The highest BCUT2D eigenvalue weighted by Gasteiger charge is 2.39. The first-order valence-electron chi connectivity index (χ1n) is 11.0. The van der Waals surface area contributed by atoms with Crippen molar-refractivity contribution in [3.05, 3.63) is 131 Å². The summed E-state index contributed by atoms with van der Waals surface area (Å²) in [5.74, 6) is -0.653. The topological polar surface area (TPSA) is 79.5 Å². The molecule has 0 radical (unpaired) electrons. The molecular weight excluding hydrogens is 456 g/mol. The van der Waals surface area contributed by atoms with Crippen molar-refractivity contribution in [3.63, 3.8) is 0 Å². The molecule has 172 valence electrons. The Hall–Kier alpha value is -4.33. The lowest BCUT2D eigenvalue weighted by Crippen LogP contribution is -2.43. The van der Waals surface area contributed by atoms with E-state index in [9.17, 15) is 9.90 Å². The molecule has 2 heterocycles. The van der Waals surface area contributed by atoms with Crippen LogP contribution in [-0.2, 0) is 10.4 Å². The minimum absolute atomic E-state index is 0.454. The summed E-state index contributed by atoms with van der Waals surface area (Å²) in [6.07, 6.45) is 3.41. The quantitative estimate of drug-likeness (QED) is 0.256. The van der Waals surface area contributed by atoms with Crippen LogP contribution in [0.2, 0.25) is 0 Å². The summed E-state index contributed by atoms with van der Waals surface area (Å²) in [5, 5.41) is 22.5. The Bertz CT molecular complexity index is 1390. The van der Waals surface area contributed by atoms with Gasteiger partial charge in [0.25, 0.3) is 5.91 Å². The summed E-state index contributed by atoms with van der Waals surface area (Å²) >= 11 is 1.57. The number of hydrogen-bond donors (Lipinski definition) is 2. The second-order valence-corrected chi connectivity index (χ2v) is 8.78. The van der Waals surface area contributed by atoms with Crippen LogP contribution in [0.5, 0.6) is 0 Å². The number of rotatable bonds is 7. The van der Waals surface area contributed by atoms with Gasteiger partial charge in [-0.3, -0.25) is 4.79 Å². The SMILES string of the molecule is O=C(NN=Cc1cn(-c2ccccc2)nc1-c1cccs1)C(O)(c1ccccc1)c1ccccc1. The van der Waals surface area contributed by atoms with Crippen LogP contribution >= 0.6 is 11.3 Å². The minimum atomic E-state index is -1.90. The summed E-state index contributed by atoms with van der Waals surface area (Å²) in [5.41, 5.74) is 3.95. The van der Waals surface area contributed by atoms with Crippen LogP contribution in [0.25, 0.3) is 16.3 Å². The predicted octanol–water partition coefficient (Wildman–Crippen LogP) is 4.99. The molecule has 0 saturated carbocycles. The van der Waals surface area contributed by atoms with E-state index in [1.807, 2.05) is 66.2 Å². The van der Waals surface area contributed by atoms with E-state index in [0.29, 0.717) is 11.1 Å². The highest BCUT2D eigenvalue weighted by Crippen LogP contribution is 2.30. The number of nitrogens with one attached hydrogen (secondary N) is 1. The van der Waals surface area contributed by atoms with Gasteiger partial charge in [0.05, 0.1) is 16.8 Å². The molecule has 0 aliphatic heterocycles. The van der Waals surface area contributed by atoms with Crippen LogP contribution < -0.4 is 5.43 Å². The second-order valence-electron chi connectivity index (χ2n) is 7.83. The fourth-order valence-electron chi connectivity index (χ4n) is 3.83. The molecular formula is C28H22N4O2S. The molecule has 2 N–H and O–H groups in total. The molecule has 7 heteroatoms. The number of amides is 1. The van der Waals surface area contributed by atoms with Gasteiger partial charge in [0.1, 0.15) is 5.69 Å². The van der Waals surface area contributed by atoms with Crippen molar-refractivity contribution in [2.75, 3.05) is 0 Å². The van der Waals surface area contributed by atoms with E-state index in [0.717, 1.165) is 21.8 Å². The van der Waals surface area contributed by atoms with Crippen molar-refractivity contribution >= 4 is 23.5 Å². The maximum atomic E-state index is 13.3. The van der Waals surface area contributed by atoms with Gasteiger partial charge in [-0.2, -0.15) is 10.2 Å². The van der Waals surface area contributed by atoms with Gasteiger partial charge in [-0.15, -0.1) is 11.3 Å². The normalized spacial score (nSPS) is 11.6. The van der Waals surface area contributed by atoms with Gasteiger partial charge >= 0.3 is 0 Å². The van der Waals surface area contributed by atoms with E-state index >= 15 is 0 Å². The summed E-state index contributed by atoms with van der Waals surface area (Å²) in [6, 6.07) is 31.4. The smallest absolute Gasteiger partial charge is 0.281 e. The van der Waals surface area contributed by atoms with Crippen LogP contribution in [0.1, 0.15) is 16.7 Å². The molecule has 35 heavy (non-hydrogen) atoms. The van der Waals surface area contributed by atoms with Gasteiger partial charge in [0.15, 0.2) is 5.60 Å². The molecule has 0 fully saturated rings. The highest BCUT2D eigenvalue weighted by atomic mass is 32.1. The molecule has 0 unspecified atom stereocenters. The average Bonchev–Trinajstić information content (AvgIpc) is 3.60. The van der Waals surface area contributed by atoms with Crippen LogP contribution in [0.3, 0.4) is 0 Å². The first-order chi connectivity index (χ1) is 17.2.